The highest BCUT2D eigenvalue weighted by Crippen LogP contribution is 2.25. The van der Waals surface area contributed by atoms with Gasteiger partial charge < -0.3 is 5.32 Å². The van der Waals surface area contributed by atoms with Crippen molar-refractivity contribution in [3.05, 3.63) is 64.7 Å². The van der Waals surface area contributed by atoms with Crippen LogP contribution in [0.15, 0.2) is 42.5 Å². The molecule has 1 amide bonds. The lowest BCUT2D eigenvalue weighted by Crippen LogP contribution is -2.13. The Balaban J connectivity index is 1.86. The Bertz CT molecular complexity index is 954. The van der Waals surface area contributed by atoms with E-state index in [9.17, 15) is 9.18 Å². The maximum Gasteiger partial charge on any atom is 0.256 e. The minimum absolute atomic E-state index is 0.134. The first-order valence-corrected chi connectivity index (χ1v) is 8.70. The third kappa shape index (κ3) is 3.75. The van der Waals surface area contributed by atoms with Crippen LogP contribution in [0.2, 0.25) is 5.02 Å². The number of hydrogen-bond acceptors (Lipinski definition) is 3. The second-order valence-electron chi connectivity index (χ2n) is 5.69. The van der Waals surface area contributed by atoms with Crippen LogP contribution in [-0.4, -0.2) is 20.7 Å². The van der Waals surface area contributed by atoms with E-state index >= 15 is 0 Å². The zero-order valence-corrected chi connectivity index (χ0v) is 15.2. The molecule has 0 fully saturated rings. The second-order valence-corrected chi connectivity index (χ2v) is 6.13. The number of hydrogen-bond donors (Lipinski definition) is 1. The molecule has 7 heteroatoms. The van der Waals surface area contributed by atoms with Gasteiger partial charge in [-0.1, -0.05) is 24.6 Å². The van der Waals surface area contributed by atoms with Crippen molar-refractivity contribution >= 4 is 23.3 Å². The standard InChI is InChI=1S/C19H18ClFN4O/c1-3-14-11-16(25(4-2)24-14)15-8-9-17(22-18(15)21)23-19(26)12-6-5-7-13(20)10-12/h5-11H,3-4H2,1-2H3,(H,22,23,26). The van der Waals surface area contributed by atoms with Crippen LogP contribution in [0.25, 0.3) is 11.3 Å². The summed E-state index contributed by atoms with van der Waals surface area (Å²) < 4.78 is 16.3. The molecule has 0 saturated heterocycles. The molecule has 0 unspecified atom stereocenters. The zero-order valence-electron chi connectivity index (χ0n) is 14.5. The minimum Gasteiger partial charge on any atom is -0.306 e. The summed E-state index contributed by atoms with van der Waals surface area (Å²) in [5.74, 6) is -0.931. The fourth-order valence-electron chi connectivity index (χ4n) is 2.61. The van der Waals surface area contributed by atoms with E-state index in [0.717, 1.165) is 12.1 Å². The van der Waals surface area contributed by atoms with Gasteiger partial charge in [-0.15, -0.1) is 0 Å². The zero-order chi connectivity index (χ0) is 18.7. The monoisotopic (exact) mass is 372 g/mol. The van der Waals surface area contributed by atoms with Gasteiger partial charge in [0.1, 0.15) is 5.82 Å². The number of aromatic nitrogens is 3. The van der Waals surface area contributed by atoms with E-state index in [1.54, 1.807) is 35.0 Å². The molecule has 2 heterocycles. The molecule has 0 aliphatic carbocycles. The molecule has 0 spiro atoms. The Morgan fingerprint density at radius 1 is 1.23 bits per heavy atom. The van der Waals surface area contributed by atoms with Gasteiger partial charge in [0, 0.05) is 17.1 Å². The van der Waals surface area contributed by atoms with Crippen LogP contribution >= 0.6 is 11.6 Å². The number of carbonyl (C=O) groups excluding carboxylic acids is 1. The Labute approximate surface area is 155 Å². The van der Waals surface area contributed by atoms with Crippen molar-refractivity contribution in [2.24, 2.45) is 0 Å². The molecule has 0 bridgehead atoms. The van der Waals surface area contributed by atoms with E-state index < -0.39 is 11.9 Å². The summed E-state index contributed by atoms with van der Waals surface area (Å²) in [5.41, 5.74) is 2.28. The summed E-state index contributed by atoms with van der Waals surface area (Å²) in [5, 5.41) is 7.45. The van der Waals surface area contributed by atoms with Crippen molar-refractivity contribution in [1.29, 1.82) is 0 Å². The molecule has 3 aromatic rings. The van der Waals surface area contributed by atoms with Gasteiger partial charge in [-0.25, -0.2) is 4.98 Å². The van der Waals surface area contributed by atoms with Gasteiger partial charge in [-0.3, -0.25) is 9.48 Å². The van der Waals surface area contributed by atoms with Crippen LogP contribution in [0, 0.1) is 5.95 Å². The van der Waals surface area contributed by atoms with Crippen molar-refractivity contribution in [2.75, 3.05) is 5.32 Å². The molecule has 0 aliphatic rings. The number of nitrogens with zero attached hydrogens (tertiary/aromatic N) is 3. The fourth-order valence-corrected chi connectivity index (χ4v) is 2.80. The number of benzene rings is 1. The van der Waals surface area contributed by atoms with Gasteiger partial charge in [0.15, 0.2) is 0 Å². The lowest BCUT2D eigenvalue weighted by atomic mass is 10.1. The molecule has 2 aromatic heterocycles. The summed E-state index contributed by atoms with van der Waals surface area (Å²) >= 11 is 5.88. The number of carbonyl (C=O) groups is 1. The van der Waals surface area contributed by atoms with Crippen molar-refractivity contribution in [3.8, 4) is 11.3 Å². The topological polar surface area (TPSA) is 59.8 Å². The van der Waals surface area contributed by atoms with Crippen LogP contribution < -0.4 is 5.32 Å². The maximum atomic E-state index is 14.6. The van der Waals surface area contributed by atoms with Crippen molar-refractivity contribution in [3.63, 3.8) is 0 Å². The van der Waals surface area contributed by atoms with Crippen molar-refractivity contribution in [2.45, 2.75) is 26.8 Å². The van der Waals surface area contributed by atoms with Crippen LogP contribution in [-0.2, 0) is 13.0 Å². The summed E-state index contributed by atoms with van der Waals surface area (Å²) in [6.07, 6.45) is 0.767. The molecular weight excluding hydrogens is 355 g/mol. The first kappa shape index (κ1) is 18.1. The maximum absolute atomic E-state index is 14.6. The van der Waals surface area contributed by atoms with Crippen LogP contribution in [0.3, 0.4) is 0 Å². The van der Waals surface area contributed by atoms with Gasteiger partial charge in [0.2, 0.25) is 5.95 Å². The van der Waals surface area contributed by atoms with E-state index in [-0.39, 0.29) is 5.82 Å². The number of rotatable bonds is 5. The highest BCUT2D eigenvalue weighted by Gasteiger charge is 2.15. The van der Waals surface area contributed by atoms with Gasteiger partial charge in [0.25, 0.3) is 5.91 Å². The van der Waals surface area contributed by atoms with Crippen LogP contribution in [0.5, 0.6) is 0 Å². The number of pyridine rings is 1. The van der Waals surface area contributed by atoms with Crippen molar-refractivity contribution in [1.82, 2.24) is 14.8 Å². The number of anilines is 1. The molecule has 5 nitrogen and oxygen atoms in total. The second kappa shape index (κ2) is 7.66. The van der Waals surface area contributed by atoms with Crippen molar-refractivity contribution < 1.29 is 9.18 Å². The van der Waals surface area contributed by atoms with Gasteiger partial charge in [-0.05, 0) is 49.7 Å². The highest BCUT2D eigenvalue weighted by atomic mass is 35.5. The first-order chi connectivity index (χ1) is 12.5. The summed E-state index contributed by atoms with van der Waals surface area (Å²) in [6, 6.07) is 11.5. The summed E-state index contributed by atoms with van der Waals surface area (Å²) in [6.45, 7) is 4.57. The van der Waals surface area contributed by atoms with Gasteiger partial charge >= 0.3 is 0 Å². The highest BCUT2D eigenvalue weighted by molar-refractivity contribution is 6.31. The van der Waals surface area contributed by atoms with Gasteiger partial charge in [-0.2, -0.15) is 9.49 Å². The average molecular weight is 373 g/mol. The number of amides is 1. The molecule has 0 atom stereocenters. The fraction of sp³-hybridized carbons (Fsp3) is 0.211. The number of halogens is 2. The summed E-state index contributed by atoms with van der Waals surface area (Å²) in [4.78, 5) is 16.1. The first-order valence-electron chi connectivity index (χ1n) is 8.32. The number of aryl methyl sites for hydroxylation is 2. The minimum atomic E-state index is -0.661. The molecule has 0 saturated carbocycles. The third-order valence-corrected chi connectivity index (χ3v) is 4.18. The Morgan fingerprint density at radius 3 is 2.69 bits per heavy atom. The van der Waals surface area contributed by atoms with E-state index in [2.05, 4.69) is 15.4 Å². The van der Waals surface area contributed by atoms with E-state index in [4.69, 9.17) is 11.6 Å². The predicted molar refractivity (Wildman–Crippen MR) is 99.9 cm³/mol. The molecular formula is C19H18ClFN4O. The van der Waals surface area contributed by atoms with Gasteiger partial charge in [0.05, 0.1) is 17.0 Å². The Morgan fingerprint density at radius 2 is 2.04 bits per heavy atom. The quantitative estimate of drug-likeness (QED) is 0.667. The molecule has 3 rings (SSSR count). The molecule has 134 valence electrons. The van der Waals surface area contributed by atoms with Crippen LogP contribution in [0.1, 0.15) is 29.9 Å². The van der Waals surface area contributed by atoms with E-state index in [0.29, 0.717) is 28.4 Å². The molecule has 26 heavy (non-hydrogen) atoms. The smallest absolute Gasteiger partial charge is 0.256 e. The Kier molecular flexibility index (Phi) is 5.32. The van der Waals surface area contributed by atoms with E-state index in [1.165, 1.54) is 6.07 Å². The lowest BCUT2D eigenvalue weighted by Gasteiger charge is -2.08. The molecule has 1 N–H and O–H groups in total. The normalized spacial score (nSPS) is 10.8. The average Bonchev–Trinajstić information content (AvgIpc) is 3.05. The largest absolute Gasteiger partial charge is 0.306 e. The number of nitrogens with one attached hydrogen (secondary N) is 1. The summed E-state index contributed by atoms with van der Waals surface area (Å²) in [7, 11) is 0. The Hall–Kier alpha value is -2.73. The molecule has 1 aromatic carbocycles. The molecule has 0 aliphatic heterocycles. The van der Waals surface area contributed by atoms with E-state index in [1.807, 2.05) is 19.9 Å². The third-order valence-electron chi connectivity index (χ3n) is 3.95. The van der Waals surface area contributed by atoms with Crippen LogP contribution in [0.4, 0.5) is 10.2 Å². The predicted octanol–water partition coefficient (Wildman–Crippen LogP) is 4.57. The lowest BCUT2D eigenvalue weighted by molar-refractivity contribution is 0.102. The SMILES string of the molecule is CCc1cc(-c2ccc(NC(=O)c3cccc(Cl)c3)nc2F)n(CC)n1. The molecule has 0 radical (unpaired) electrons.